The Hall–Kier alpha value is -2.33. The summed E-state index contributed by atoms with van der Waals surface area (Å²) in [5.74, 6) is -0.0550. The first-order chi connectivity index (χ1) is 10.2. The molecule has 0 fully saturated rings. The number of rotatable bonds is 1. The zero-order valence-corrected chi connectivity index (χ0v) is 12.6. The lowest BCUT2D eigenvalue weighted by atomic mass is 10.0. The third-order valence-electron chi connectivity index (χ3n) is 3.69. The van der Waals surface area contributed by atoms with Gasteiger partial charge in [-0.05, 0) is 30.3 Å². The minimum atomic E-state index is -0.0550. The molecule has 0 saturated carbocycles. The number of anilines is 1. The Morgan fingerprint density at radius 2 is 1.95 bits per heavy atom. The van der Waals surface area contributed by atoms with Crippen molar-refractivity contribution in [1.29, 1.82) is 0 Å². The molecular weight excluding hydrogens is 328 g/mol. The number of carbonyl (C=O) groups excluding carboxylic acids is 1. The summed E-state index contributed by atoms with van der Waals surface area (Å²) >= 11 is 3.49. The SMILES string of the molecule is O=C1Nc2ccccc2/C1=C/c1c[nH]c2ccc(Br)cc12. The Morgan fingerprint density at radius 1 is 1.10 bits per heavy atom. The fourth-order valence-electron chi connectivity index (χ4n) is 2.67. The largest absolute Gasteiger partial charge is 0.361 e. The number of benzene rings is 2. The Kier molecular flexibility index (Phi) is 2.72. The maximum absolute atomic E-state index is 12.2. The highest BCUT2D eigenvalue weighted by Gasteiger charge is 2.23. The van der Waals surface area contributed by atoms with Crippen LogP contribution in [0.4, 0.5) is 5.69 Å². The van der Waals surface area contributed by atoms with E-state index in [1.165, 1.54) is 0 Å². The minimum absolute atomic E-state index is 0.0550. The van der Waals surface area contributed by atoms with Crippen molar-refractivity contribution < 1.29 is 4.79 Å². The second-order valence-electron chi connectivity index (χ2n) is 4.99. The van der Waals surface area contributed by atoms with Crippen molar-refractivity contribution >= 4 is 50.1 Å². The van der Waals surface area contributed by atoms with E-state index in [-0.39, 0.29) is 5.91 Å². The van der Waals surface area contributed by atoms with E-state index in [9.17, 15) is 4.79 Å². The Labute approximate surface area is 129 Å². The number of H-pyrrole nitrogens is 1. The average molecular weight is 339 g/mol. The van der Waals surface area contributed by atoms with Crippen LogP contribution in [0.5, 0.6) is 0 Å². The van der Waals surface area contributed by atoms with Gasteiger partial charge in [-0.25, -0.2) is 0 Å². The van der Waals surface area contributed by atoms with Gasteiger partial charge in [0.15, 0.2) is 0 Å². The molecular formula is C17H11BrN2O. The fourth-order valence-corrected chi connectivity index (χ4v) is 3.03. The molecule has 1 aliphatic heterocycles. The van der Waals surface area contributed by atoms with Crippen molar-refractivity contribution in [2.75, 3.05) is 5.32 Å². The summed E-state index contributed by atoms with van der Waals surface area (Å²) in [7, 11) is 0. The predicted octanol–water partition coefficient (Wildman–Crippen LogP) is 4.42. The molecule has 1 amide bonds. The first-order valence-corrected chi connectivity index (χ1v) is 7.41. The first-order valence-electron chi connectivity index (χ1n) is 6.61. The molecule has 21 heavy (non-hydrogen) atoms. The maximum atomic E-state index is 12.2. The first kappa shape index (κ1) is 12.4. The molecule has 2 aromatic carbocycles. The summed E-state index contributed by atoms with van der Waals surface area (Å²) in [6, 6.07) is 13.8. The Balaban J connectivity index is 1.91. The van der Waals surface area contributed by atoms with Crippen LogP contribution < -0.4 is 5.32 Å². The van der Waals surface area contributed by atoms with Gasteiger partial charge in [-0.2, -0.15) is 0 Å². The molecule has 0 saturated heterocycles. The van der Waals surface area contributed by atoms with E-state index in [1.54, 1.807) is 0 Å². The number of fused-ring (bicyclic) bond motifs is 2. The summed E-state index contributed by atoms with van der Waals surface area (Å²) in [5, 5.41) is 3.98. The number of halogens is 1. The number of amides is 1. The second-order valence-corrected chi connectivity index (χ2v) is 5.91. The molecule has 0 bridgehead atoms. The molecule has 1 aliphatic rings. The van der Waals surface area contributed by atoms with Crippen LogP contribution in [-0.4, -0.2) is 10.9 Å². The van der Waals surface area contributed by atoms with Crippen molar-refractivity contribution in [3.8, 4) is 0 Å². The lowest BCUT2D eigenvalue weighted by molar-refractivity contribution is -0.110. The molecule has 0 radical (unpaired) electrons. The molecule has 0 atom stereocenters. The van der Waals surface area contributed by atoms with E-state index >= 15 is 0 Å². The molecule has 1 aromatic heterocycles. The molecule has 102 valence electrons. The van der Waals surface area contributed by atoms with E-state index in [0.29, 0.717) is 5.57 Å². The van der Waals surface area contributed by atoms with Gasteiger partial charge in [0.1, 0.15) is 0 Å². The highest BCUT2D eigenvalue weighted by atomic mass is 79.9. The predicted molar refractivity (Wildman–Crippen MR) is 88.9 cm³/mol. The lowest BCUT2D eigenvalue weighted by Crippen LogP contribution is -2.03. The van der Waals surface area contributed by atoms with Gasteiger partial charge in [-0.1, -0.05) is 34.1 Å². The number of aromatic amines is 1. The van der Waals surface area contributed by atoms with Crippen LogP contribution in [0.25, 0.3) is 22.6 Å². The normalized spacial score (nSPS) is 15.5. The van der Waals surface area contributed by atoms with Crippen LogP contribution >= 0.6 is 15.9 Å². The third kappa shape index (κ3) is 1.99. The van der Waals surface area contributed by atoms with Gasteiger partial charge in [0.25, 0.3) is 5.91 Å². The van der Waals surface area contributed by atoms with Crippen LogP contribution in [0.2, 0.25) is 0 Å². The highest BCUT2D eigenvalue weighted by Crippen LogP contribution is 2.34. The Bertz CT molecular complexity index is 908. The van der Waals surface area contributed by atoms with E-state index in [1.807, 2.05) is 48.7 Å². The van der Waals surface area contributed by atoms with E-state index in [4.69, 9.17) is 0 Å². The zero-order chi connectivity index (χ0) is 14.4. The zero-order valence-electron chi connectivity index (χ0n) is 11.0. The van der Waals surface area contributed by atoms with Gasteiger partial charge >= 0.3 is 0 Å². The van der Waals surface area contributed by atoms with Crippen molar-refractivity contribution in [1.82, 2.24) is 4.98 Å². The van der Waals surface area contributed by atoms with Crippen molar-refractivity contribution in [2.24, 2.45) is 0 Å². The van der Waals surface area contributed by atoms with Gasteiger partial charge in [0.05, 0.1) is 0 Å². The third-order valence-corrected chi connectivity index (χ3v) is 4.18. The molecule has 0 spiro atoms. The second kappa shape index (κ2) is 4.60. The number of nitrogens with one attached hydrogen (secondary N) is 2. The van der Waals surface area contributed by atoms with Gasteiger partial charge in [0.2, 0.25) is 0 Å². The van der Waals surface area contributed by atoms with Crippen molar-refractivity contribution in [3.05, 3.63) is 64.3 Å². The summed E-state index contributed by atoms with van der Waals surface area (Å²) in [5.41, 5.74) is 4.58. The van der Waals surface area contributed by atoms with Crippen LogP contribution in [0.15, 0.2) is 53.1 Å². The van der Waals surface area contributed by atoms with Gasteiger partial charge in [0, 0.05) is 44.0 Å². The van der Waals surface area contributed by atoms with E-state index in [0.717, 1.165) is 32.2 Å². The van der Waals surface area contributed by atoms with Crippen LogP contribution in [0.1, 0.15) is 11.1 Å². The quantitative estimate of drug-likeness (QED) is 0.633. The molecule has 0 aliphatic carbocycles. The Morgan fingerprint density at radius 3 is 2.86 bits per heavy atom. The fraction of sp³-hybridized carbons (Fsp3) is 0. The van der Waals surface area contributed by atoms with E-state index < -0.39 is 0 Å². The van der Waals surface area contributed by atoms with Gasteiger partial charge in [-0.3, -0.25) is 4.79 Å². The van der Waals surface area contributed by atoms with Crippen LogP contribution in [0, 0.1) is 0 Å². The molecule has 3 aromatic rings. The summed E-state index contributed by atoms with van der Waals surface area (Å²) in [6.07, 6.45) is 3.87. The van der Waals surface area contributed by atoms with E-state index in [2.05, 4.69) is 32.3 Å². The molecule has 2 N–H and O–H groups in total. The number of para-hydroxylation sites is 1. The molecule has 2 heterocycles. The highest BCUT2D eigenvalue weighted by molar-refractivity contribution is 9.10. The summed E-state index contributed by atoms with van der Waals surface area (Å²) in [4.78, 5) is 15.4. The number of aromatic nitrogens is 1. The smallest absolute Gasteiger partial charge is 0.256 e. The number of hydrogen-bond donors (Lipinski definition) is 2. The molecule has 4 heteroatoms. The van der Waals surface area contributed by atoms with Crippen LogP contribution in [0.3, 0.4) is 0 Å². The average Bonchev–Trinajstić information content (AvgIpc) is 3.01. The number of carbonyl (C=O) groups is 1. The van der Waals surface area contributed by atoms with Gasteiger partial charge in [-0.15, -0.1) is 0 Å². The van der Waals surface area contributed by atoms with Gasteiger partial charge < -0.3 is 10.3 Å². The molecule has 4 rings (SSSR count). The maximum Gasteiger partial charge on any atom is 0.256 e. The molecule has 0 unspecified atom stereocenters. The number of hydrogen-bond acceptors (Lipinski definition) is 1. The summed E-state index contributed by atoms with van der Waals surface area (Å²) in [6.45, 7) is 0. The molecule has 3 nitrogen and oxygen atoms in total. The minimum Gasteiger partial charge on any atom is -0.361 e. The lowest BCUT2D eigenvalue weighted by Gasteiger charge is -1.98. The monoisotopic (exact) mass is 338 g/mol. The standard InChI is InChI=1S/C17H11BrN2O/c18-11-5-6-15-13(8-11)10(9-19-15)7-14-12-3-1-2-4-16(12)20-17(14)21/h1-9,19H,(H,20,21)/b14-7-. The summed E-state index contributed by atoms with van der Waals surface area (Å²) < 4.78 is 1.02. The van der Waals surface area contributed by atoms with Crippen molar-refractivity contribution in [3.63, 3.8) is 0 Å². The topological polar surface area (TPSA) is 44.9 Å². The van der Waals surface area contributed by atoms with Crippen LogP contribution in [-0.2, 0) is 4.79 Å². The van der Waals surface area contributed by atoms with Crippen molar-refractivity contribution in [2.45, 2.75) is 0 Å².